The molecule has 0 fully saturated rings. The summed E-state index contributed by atoms with van der Waals surface area (Å²) in [5, 5.41) is 2.45. The molecule has 21 heavy (non-hydrogen) atoms. The van der Waals surface area contributed by atoms with Crippen LogP contribution in [0.15, 0.2) is 55.3 Å². The Bertz CT molecular complexity index is 899. The third-order valence-corrected chi connectivity index (χ3v) is 4.14. The SMILES string of the molecule is C=C1C=COc2c1ccc1c2c2ccccc2n1CCC. The fourth-order valence-electron chi connectivity index (χ4n) is 3.22. The van der Waals surface area contributed by atoms with Crippen LogP contribution in [0.1, 0.15) is 18.9 Å². The molecule has 4 rings (SSSR count). The van der Waals surface area contributed by atoms with Crippen molar-refractivity contribution in [2.75, 3.05) is 0 Å². The van der Waals surface area contributed by atoms with Crippen LogP contribution in [0.3, 0.4) is 0 Å². The normalized spacial score (nSPS) is 13.7. The van der Waals surface area contributed by atoms with Crippen molar-refractivity contribution in [2.45, 2.75) is 19.9 Å². The zero-order valence-corrected chi connectivity index (χ0v) is 12.1. The maximum absolute atomic E-state index is 5.85. The second-order valence-corrected chi connectivity index (χ2v) is 5.45. The van der Waals surface area contributed by atoms with Crippen molar-refractivity contribution >= 4 is 27.4 Å². The van der Waals surface area contributed by atoms with Gasteiger partial charge in [0.05, 0.1) is 17.2 Å². The molecule has 0 radical (unpaired) electrons. The van der Waals surface area contributed by atoms with Gasteiger partial charge in [-0.25, -0.2) is 0 Å². The van der Waals surface area contributed by atoms with E-state index in [1.165, 1.54) is 21.8 Å². The van der Waals surface area contributed by atoms with Crippen molar-refractivity contribution in [3.8, 4) is 5.75 Å². The van der Waals surface area contributed by atoms with Gasteiger partial charge in [0.25, 0.3) is 0 Å². The molecule has 0 aliphatic carbocycles. The molecule has 2 heterocycles. The quantitative estimate of drug-likeness (QED) is 0.633. The fraction of sp³-hybridized carbons (Fsp3) is 0.158. The van der Waals surface area contributed by atoms with Gasteiger partial charge in [0.15, 0.2) is 0 Å². The number of allylic oxidation sites excluding steroid dienone is 2. The second-order valence-electron chi connectivity index (χ2n) is 5.45. The largest absolute Gasteiger partial charge is 0.464 e. The lowest BCUT2D eigenvalue weighted by Crippen LogP contribution is -1.98. The number of hydrogen-bond acceptors (Lipinski definition) is 1. The minimum absolute atomic E-state index is 0.936. The van der Waals surface area contributed by atoms with E-state index in [0.717, 1.165) is 29.9 Å². The van der Waals surface area contributed by atoms with E-state index in [2.05, 4.69) is 54.5 Å². The summed E-state index contributed by atoms with van der Waals surface area (Å²) >= 11 is 0. The second kappa shape index (κ2) is 4.52. The summed E-state index contributed by atoms with van der Waals surface area (Å²) in [5.74, 6) is 0.936. The highest BCUT2D eigenvalue weighted by Gasteiger charge is 2.19. The van der Waals surface area contributed by atoms with Crippen LogP contribution in [-0.2, 0) is 6.54 Å². The van der Waals surface area contributed by atoms with Crippen molar-refractivity contribution in [1.29, 1.82) is 0 Å². The molecule has 2 nitrogen and oxygen atoms in total. The van der Waals surface area contributed by atoms with Crippen molar-refractivity contribution < 1.29 is 4.74 Å². The molecule has 0 unspecified atom stereocenters. The number of fused-ring (bicyclic) bond motifs is 5. The van der Waals surface area contributed by atoms with E-state index in [1.54, 1.807) is 6.26 Å². The first-order valence-corrected chi connectivity index (χ1v) is 7.37. The lowest BCUT2D eigenvalue weighted by molar-refractivity contribution is 0.482. The van der Waals surface area contributed by atoms with Crippen LogP contribution >= 0.6 is 0 Å². The first kappa shape index (κ1) is 12.3. The lowest BCUT2D eigenvalue weighted by Gasteiger charge is -2.15. The molecule has 104 valence electrons. The van der Waals surface area contributed by atoms with E-state index >= 15 is 0 Å². The zero-order chi connectivity index (χ0) is 14.4. The van der Waals surface area contributed by atoms with Gasteiger partial charge in [-0.3, -0.25) is 0 Å². The van der Waals surface area contributed by atoms with E-state index in [4.69, 9.17) is 4.74 Å². The Morgan fingerprint density at radius 1 is 1.10 bits per heavy atom. The first-order chi connectivity index (χ1) is 10.3. The monoisotopic (exact) mass is 275 g/mol. The van der Waals surface area contributed by atoms with Crippen LogP contribution in [0.2, 0.25) is 0 Å². The Hall–Kier alpha value is -2.48. The van der Waals surface area contributed by atoms with Crippen LogP contribution in [0.5, 0.6) is 5.75 Å². The molecule has 1 aromatic heterocycles. The summed E-state index contributed by atoms with van der Waals surface area (Å²) in [7, 11) is 0. The van der Waals surface area contributed by atoms with E-state index in [9.17, 15) is 0 Å². The van der Waals surface area contributed by atoms with Crippen LogP contribution in [0.4, 0.5) is 0 Å². The molecule has 0 amide bonds. The number of aryl methyl sites for hydroxylation is 1. The van der Waals surface area contributed by atoms with E-state index < -0.39 is 0 Å². The summed E-state index contributed by atoms with van der Waals surface area (Å²) in [6.07, 6.45) is 4.76. The fourth-order valence-corrected chi connectivity index (χ4v) is 3.22. The average molecular weight is 275 g/mol. The first-order valence-electron chi connectivity index (χ1n) is 7.37. The Labute approximate surface area is 123 Å². The number of nitrogens with zero attached hydrogens (tertiary/aromatic N) is 1. The molecule has 2 aromatic carbocycles. The molecular weight excluding hydrogens is 258 g/mol. The Morgan fingerprint density at radius 2 is 1.95 bits per heavy atom. The molecule has 1 aliphatic heterocycles. The standard InChI is InChI=1S/C19H17NO/c1-3-11-20-16-7-5-4-6-15(16)18-17(20)9-8-14-13(2)10-12-21-19(14)18/h4-10,12H,2-3,11H2,1H3. The van der Waals surface area contributed by atoms with Crippen LogP contribution < -0.4 is 4.74 Å². The number of para-hydroxylation sites is 1. The van der Waals surface area contributed by atoms with Crippen molar-refractivity contribution in [1.82, 2.24) is 4.57 Å². The summed E-state index contributed by atoms with van der Waals surface area (Å²) in [4.78, 5) is 0. The maximum atomic E-state index is 5.85. The van der Waals surface area contributed by atoms with E-state index in [1.807, 2.05) is 6.08 Å². The average Bonchev–Trinajstić information content (AvgIpc) is 2.83. The highest BCUT2D eigenvalue weighted by Crippen LogP contribution is 2.42. The maximum Gasteiger partial charge on any atom is 0.144 e. The smallest absolute Gasteiger partial charge is 0.144 e. The molecule has 2 heteroatoms. The number of aromatic nitrogens is 1. The third-order valence-electron chi connectivity index (χ3n) is 4.14. The van der Waals surface area contributed by atoms with Crippen molar-refractivity contribution in [2.24, 2.45) is 0 Å². The van der Waals surface area contributed by atoms with E-state index in [0.29, 0.717) is 0 Å². The number of ether oxygens (including phenoxy) is 1. The molecule has 0 saturated carbocycles. The summed E-state index contributed by atoms with van der Waals surface area (Å²) in [5.41, 5.74) is 4.60. The number of rotatable bonds is 2. The molecule has 0 atom stereocenters. The minimum atomic E-state index is 0.936. The van der Waals surface area contributed by atoms with Gasteiger partial charge < -0.3 is 9.30 Å². The number of benzene rings is 2. The van der Waals surface area contributed by atoms with Gasteiger partial charge in [0, 0.05) is 23.0 Å². The van der Waals surface area contributed by atoms with Gasteiger partial charge in [0.2, 0.25) is 0 Å². The van der Waals surface area contributed by atoms with Gasteiger partial charge in [0.1, 0.15) is 5.75 Å². The number of hydrogen-bond donors (Lipinski definition) is 0. The van der Waals surface area contributed by atoms with Crippen LogP contribution in [0.25, 0.3) is 27.4 Å². The van der Waals surface area contributed by atoms with Crippen molar-refractivity contribution in [3.05, 3.63) is 60.9 Å². The Morgan fingerprint density at radius 3 is 2.81 bits per heavy atom. The molecule has 0 N–H and O–H groups in total. The molecule has 1 aliphatic rings. The topological polar surface area (TPSA) is 14.2 Å². The van der Waals surface area contributed by atoms with Crippen LogP contribution in [-0.4, -0.2) is 4.57 Å². The third kappa shape index (κ3) is 1.65. The van der Waals surface area contributed by atoms with Gasteiger partial charge in [-0.1, -0.05) is 31.7 Å². The van der Waals surface area contributed by atoms with Gasteiger partial charge in [-0.15, -0.1) is 0 Å². The highest BCUT2D eigenvalue weighted by atomic mass is 16.5. The summed E-state index contributed by atoms with van der Waals surface area (Å²) < 4.78 is 8.24. The Balaban J connectivity index is 2.18. The lowest BCUT2D eigenvalue weighted by atomic mass is 10.0. The van der Waals surface area contributed by atoms with E-state index in [-0.39, 0.29) is 0 Å². The Kier molecular flexibility index (Phi) is 2.64. The van der Waals surface area contributed by atoms with Crippen LogP contribution in [0, 0.1) is 0 Å². The molecule has 0 saturated heterocycles. The molecule has 3 aromatic rings. The van der Waals surface area contributed by atoms with Gasteiger partial charge in [-0.2, -0.15) is 0 Å². The highest BCUT2D eigenvalue weighted by molar-refractivity contribution is 6.13. The van der Waals surface area contributed by atoms with Gasteiger partial charge in [-0.05, 0) is 36.3 Å². The van der Waals surface area contributed by atoms with Crippen molar-refractivity contribution in [3.63, 3.8) is 0 Å². The van der Waals surface area contributed by atoms with Gasteiger partial charge >= 0.3 is 0 Å². The molecule has 0 spiro atoms. The molecular formula is C19H17NO. The zero-order valence-electron chi connectivity index (χ0n) is 12.1. The summed E-state index contributed by atoms with van der Waals surface area (Å²) in [6.45, 7) is 7.33. The predicted molar refractivity (Wildman–Crippen MR) is 88.5 cm³/mol. The minimum Gasteiger partial charge on any atom is -0.464 e. The predicted octanol–water partition coefficient (Wildman–Crippen LogP) is 5.12. The molecule has 0 bridgehead atoms. The summed E-state index contributed by atoms with van der Waals surface area (Å²) in [6, 6.07) is 12.9.